The first-order valence-corrected chi connectivity index (χ1v) is 30.9. The van der Waals surface area contributed by atoms with E-state index in [9.17, 15) is 14.4 Å². The van der Waals surface area contributed by atoms with Crippen LogP contribution in [-0.4, -0.2) is 37.2 Å². The molecule has 6 nitrogen and oxygen atoms in total. The maximum atomic E-state index is 12.9. The zero-order chi connectivity index (χ0) is 53.6. The van der Waals surface area contributed by atoms with Crippen LogP contribution in [0, 0.1) is 0 Å². The van der Waals surface area contributed by atoms with Gasteiger partial charge in [-0.1, -0.05) is 265 Å². The summed E-state index contributed by atoms with van der Waals surface area (Å²) in [5.41, 5.74) is 0. The van der Waals surface area contributed by atoms with E-state index in [4.69, 9.17) is 14.2 Å². The molecule has 0 saturated carbocycles. The smallest absolute Gasteiger partial charge is 0.306 e. The summed E-state index contributed by atoms with van der Waals surface area (Å²) in [5.74, 6) is -0.910. The molecule has 1 unspecified atom stereocenters. The Kier molecular flexibility index (Phi) is 58.3. The van der Waals surface area contributed by atoms with Gasteiger partial charge in [0.1, 0.15) is 13.2 Å². The standard InChI is InChI=1S/C68H114O6/c1-4-7-10-13-16-19-22-24-26-28-30-31-32-33-34-35-36-37-38-40-41-43-46-49-52-55-58-61-67(70)73-64-65(63-72-66(69)60-57-54-51-48-45-21-18-15-12-9-6-3)74-68(71)62-59-56-53-50-47-44-42-39-29-27-25-23-20-17-14-11-8-5-2/h7,10,16,19-20,23-24,26-27,29-31,33-34,36-37,40-41,65H,4-6,8-9,11-15,17-18,21-22,25,28,32,35,38-39,42-64H2,1-3H3/b10-7-,19-16-,23-20-,26-24-,29-27-,31-30-,34-33-,37-36-,41-40-. The van der Waals surface area contributed by atoms with Crippen LogP contribution in [0.2, 0.25) is 0 Å². The number of unbranched alkanes of at least 4 members (excludes halogenated alkanes) is 26. The Morgan fingerprint density at radius 1 is 0.284 bits per heavy atom. The number of carbonyl (C=O) groups excluding carboxylic acids is 3. The number of hydrogen-bond acceptors (Lipinski definition) is 6. The third-order valence-electron chi connectivity index (χ3n) is 13.0. The third-order valence-corrected chi connectivity index (χ3v) is 13.0. The van der Waals surface area contributed by atoms with Gasteiger partial charge in [-0.05, 0) is 109 Å². The summed E-state index contributed by atoms with van der Waals surface area (Å²) in [6.07, 6.45) is 83.7. The fourth-order valence-corrected chi connectivity index (χ4v) is 8.39. The second kappa shape index (κ2) is 61.6. The van der Waals surface area contributed by atoms with Crippen molar-refractivity contribution in [3.05, 3.63) is 109 Å². The molecular weight excluding hydrogens is 913 g/mol. The highest BCUT2D eigenvalue weighted by Crippen LogP contribution is 2.15. The first kappa shape index (κ1) is 70.1. The third kappa shape index (κ3) is 59.0. The first-order valence-electron chi connectivity index (χ1n) is 30.9. The van der Waals surface area contributed by atoms with Crippen LogP contribution < -0.4 is 0 Å². The largest absolute Gasteiger partial charge is 0.462 e. The van der Waals surface area contributed by atoms with Gasteiger partial charge in [-0.25, -0.2) is 0 Å². The molecule has 422 valence electrons. The van der Waals surface area contributed by atoms with Gasteiger partial charge >= 0.3 is 17.9 Å². The molecule has 6 heteroatoms. The number of carbonyl (C=O) groups is 3. The minimum Gasteiger partial charge on any atom is -0.462 e. The molecule has 0 aliphatic carbocycles. The van der Waals surface area contributed by atoms with Crippen molar-refractivity contribution < 1.29 is 28.6 Å². The summed E-state index contributed by atoms with van der Waals surface area (Å²) in [7, 11) is 0. The van der Waals surface area contributed by atoms with E-state index in [1.54, 1.807) is 0 Å². The van der Waals surface area contributed by atoms with E-state index in [-0.39, 0.29) is 31.1 Å². The Bertz CT molecular complexity index is 1510. The summed E-state index contributed by atoms with van der Waals surface area (Å²) < 4.78 is 16.9. The molecule has 0 spiro atoms. The van der Waals surface area contributed by atoms with Gasteiger partial charge in [-0.3, -0.25) is 14.4 Å². The molecular formula is C68H114O6. The average molecular weight is 1030 g/mol. The van der Waals surface area contributed by atoms with E-state index >= 15 is 0 Å². The molecule has 0 N–H and O–H groups in total. The lowest BCUT2D eigenvalue weighted by Gasteiger charge is -2.18. The zero-order valence-corrected chi connectivity index (χ0v) is 48.3. The number of esters is 3. The van der Waals surface area contributed by atoms with Crippen molar-refractivity contribution in [3.63, 3.8) is 0 Å². The van der Waals surface area contributed by atoms with Gasteiger partial charge in [-0.15, -0.1) is 0 Å². The lowest BCUT2D eigenvalue weighted by atomic mass is 10.1. The zero-order valence-electron chi connectivity index (χ0n) is 48.3. The Hall–Kier alpha value is -3.93. The van der Waals surface area contributed by atoms with E-state index in [1.165, 1.54) is 109 Å². The topological polar surface area (TPSA) is 78.9 Å². The average Bonchev–Trinajstić information content (AvgIpc) is 3.40. The number of hydrogen-bond donors (Lipinski definition) is 0. The molecule has 1 atom stereocenters. The maximum Gasteiger partial charge on any atom is 0.306 e. The van der Waals surface area contributed by atoms with Crippen LogP contribution in [-0.2, 0) is 28.6 Å². The minimum atomic E-state index is -0.791. The van der Waals surface area contributed by atoms with Crippen molar-refractivity contribution in [2.75, 3.05) is 13.2 Å². The minimum absolute atomic E-state index is 0.0866. The summed E-state index contributed by atoms with van der Waals surface area (Å²) in [6.45, 7) is 6.49. The van der Waals surface area contributed by atoms with Gasteiger partial charge in [0, 0.05) is 19.3 Å². The van der Waals surface area contributed by atoms with Gasteiger partial charge in [0.25, 0.3) is 0 Å². The highest BCUT2D eigenvalue weighted by Gasteiger charge is 2.19. The van der Waals surface area contributed by atoms with Crippen molar-refractivity contribution in [1.82, 2.24) is 0 Å². The quantitative estimate of drug-likeness (QED) is 0.0261. The molecule has 0 aromatic carbocycles. The van der Waals surface area contributed by atoms with Crippen molar-refractivity contribution in [3.8, 4) is 0 Å². The number of ether oxygens (including phenoxy) is 3. The van der Waals surface area contributed by atoms with Crippen molar-refractivity contribution in [2.24, 2.45) is 0 Å². The molecule has 74 heavy (non-hydrogen) atoms. The molecule has 0 heterocycles. The summed E-state index contributed by atoms with van der Waals surface area (Å²) in [4.78, 5) is 38.2. The predicted molar refractivity (Wildman–Crippen MR) is 320 cm³/mol. The van der Waals surface area contributed by atoms with Crippen LogP contribution in [0.25, 0.3) is 0 Å². The van der Waals surface area contributed by atoms with E-state index in [1.807, 2.05) is 0 Å². The Morgan fingerprint density at radius 2 is 0.527 bits per heavy atom. The maximum absolute atomic E-state index is 12.9. The van der Waals surface area contributed by atoms with Crippen molar-refractivity contribution >= 4 is 17.9 Å². The molecule has 0 fully saturated rings. The molecule has 0 radical (unpaired) electrons. The second-order valence-corrected chi connectivity index (χ2v) is 20.2. The van der Waals surface area contributed by atoms with Crippen LogP contribution in [0.15, 0.2) is 109 Å². The monoisotopic (exact) mass is 1030 g/mol. The van der Waals surface area contributed by atoms with Gasteiger partial charge in [-0.2, -0.15) is 0 Å². The fourth-order valence-electron chi connectivity index (χ4n) is 8.39. The summed E-state index contributed by atoms with van der Waals surface area (Å²) in [5, 5.41) is 0. The number of allylic oxidation sites excluding steroid dienone is 18. The molecule has 0 aliphatic heterocycles. The van der Waals surface area contributed by atoms with E-state index in [0.29, 0.717) is 19.3 Å². The Balaban J connectivity index is 4.36. The SMILES string of the molecule is CC/C=C\C/C=C\C/C=C\C/C=C\C/C=C\C/C=C\C/C=C\CCCCCCCC(=O)OCC(COC(=O)CCCCCCCCCCCCC)OC(=O)CCCCCCCCC/C=C\C/C=C\CCCCCC. The van der Waals surface area contributed by atoms with Crippen LogP contribution in [0.3, 0.4) is 0 Å². The Morgan fingerprint density at radius 3 is 0.838 bits per heavy atom. The molecule has 0 rings (SSSR count). The van der Waals surface area contributed by atoms with Crippen LogP contribution in [0.1, 0.15) is 284 Å². The van der Waals surface area contributed by atoms with Crippen LogP contribution in [0.4, 0.5) is 0 Å². The fraction of sp³-hybridized carbons (Fsp3) is 0.691. The van der Waals surface area contributed by atoms with Gasteiger partial charge < -0.3 is 14.2 Å². The van der Waals surface area contributed by atoms with Crippen LogP contribution >= 0.6 is 0 Å². The van der Waals surface area contributed by atoms with Crippen molar-refractivity contribution in [1.29, 1.82) is 0 Å². The van der Waals surface area contributed by atoms with Gasteiger partial charge in [0.15, 0.2) is 6.10 Å². The first-order chi connectivity index (χ1) is 36.5. The van der Waals surface area contributed by atoms with Gasteiger partial charge in [0.2, 0.25) is 0 Å². The predicted octanol–water partition coefficient (Wildman–Crippen LogP) is 21.0. The molecule has 0 bridgehead atoms. The van der Waals surface area contributed by atoms with Crippen LogP contribution in [0.5, 0.6) is 0 Å². The van der Waals surface area contributed by atoms with Gasteiger partial charge in [0.05, 0.1) is 0 Å². The molecule has 0 saturated heterocycles. The summed E-state index contributed by atoms with van der Waals surface area (Å²) in [6, 6.07) is 0. The molecule has 0 aromatic rings. The lowest BCUT2D eigenvalue weighted by molar-refractivity contribution is -0.167. The van der Waals surface area contributed by atoms with E-state index in [0.717, 1.165) is 135 Å². The van der Waals surface area contributed by atoms with E-state index < -0.39 is 6.10 Å². The van der Waals surface area contributed by atoms with E-state index in [2.05, 4.69) is 130 Å². The normalized spacial score (nSPS) is 12.9. The molecule has 0 amide bonds. The number of rotatable bonds is 55. The molecule has 0 aromatic heterocycles. The highest BCUT2D eigenvalue weighted by molar-refractivity contribution is 5.71. The lowest BCUT2D eigenvalue weighted by Crippen LogP contribution is -2.30. The summed E-state index contributed by atoms with van der Waals surface area (Å²) >= 11 is 0. The molecule has 0 aliphatic rings. The Labute approximate surface area is 457 Å². The van der Waals surface area contributed by atoms with Crippen molar-refractivity contribution in [2.45, 2.75) is 290 Å². The highest BCUT2D eigenvalue weighted by atomic mass is 16.6. The second-order valence-electron chi connectivity index (χ2n) is 20.2.